The minimum absolute atomic E-state index is 0.225. The van der Waals surface area contributed by atoms with Gasteiger partial charge in [0.15, 0.2) is 11.4 Å². The van der Waals surface area contributed by atoms with Crippen molar-refractivity contribution in [1.29, 1.82) is 0 Å². The molecule has 30 heavy (non-hydrogen) atoms. The summed E-state index contributed by atoms with van der Waals surface area (Å²) in [6, 6.07) is 22.8. The van der Waals surface area contributed by atoms with Gasteiger partial charge in [-0.25, -0.2) is 9.97 Å². The second-order valence-corrected chi connectivity index (χ2v) is 7.04. The smallest absolute Gasteiger partial charge is 0.249 e. The van der Waals surface area contributed by atoms with Crippen molar-refractivity contribution in [2.24, 2.45) is 0 Å². The van der Waals surface area contributed by atoms with E-state index in [4.69, 9.17) is 14.4 Å². The zero-order chi connectivity index (χ0) is 20.1. The normalized spacial score (nSPS) is 11.5. The molecule has 0 unspecified atom stereocenters. The highest BCUT2D eigenvalue weighted by Crippen LogP contribution is 2.34. The van der Waals surface area contributed by atoms with E-state index in [2.05, 4.69) is 9.97 Å². The van der Waals surface area contributed by atoms with Crippen LogP contribution in [-0.4, -0.2) is 19.9 Å². The van der Waals surface area contributed by atoms with Gasteiger partial charge in [0, 0.05) is 28.6 Å². The Hall–Kier alpha value is -4.32. The largest absolute Gasteiger partial charge is 0.454 e. The van der Waals surface area contributed by atoms with Gasteiger partial charge in [-0.3, -0.25) is 9.78 Å². The van der Waals surface area contributed by atoms with Crippen LogP contribution >= 0.6 is 0 Å². The molecule has 0 bridgehead atoms. The number of benzene rings is 2. The van der Waals surface area contributed by atoms with Crippen LogP contribution in [0.3, 0.4) is 0 Å². The second kappa shape index (κ2) is 6.35. The summed E-state index contributed by atoms with van der Waals surface area (Å²) < 4.78 is 6.08. The summed E-state index contributed by atoms with van der Waals surface area (Å²) >= 11 is 0. The summed E-state index contributed by atoms with van der Waals surface area (Å²) in [6.45, 7) is 0. The van der Waals surface area contributed by atoms with Crippen LogP contribution in [0.4, 0.5) is 0 Å². The standard InChI is InChI=1S/C24H14N4O2/c29-21-10-9-18-24(27-21)28-23(20-13-15-4-1-2-6-19(15)30-20)22(26-18)16-7-8-17-14(12-16)5-3-11-25-17/h1-13H,(H,27,28,29). The Labute approximate surface area is 169 Å². The van der Waals surface area contributed by atoms with Crippen molar-refractivity contribution < 1.29 is 4.42 Å². The Balaban J connectivity index is 1.67. The Kier molecular flexibility index (Phi) is 3.52. The van der Waals surface area contributed by atoms with E-state index in [1.807, 2.05) is 60.7 Å². The fourth-order valence-electron chi connectivity index (χ4n) is 3.66. The van der Waals surface area contributed by atoms with E-state index in [9.17, 15) is 4.79 Å². The van der Waals surface area contributed by atoms with Crippen LogP contribution in [0.1, 0.15) is 0 Å². The van der Waals surface area contributed by atoms with Gasteiger partial charge in [0.25, 0.3) is 0 Å². The van der Waals surface area contributed by atoms with Crippen molar-refractivity contribution in [1.82, 2.24) is 19.9 Å². The third-order valence-corrected chi connectivity index (χ3v) is 5.09. The number of furan rings is 1. The lowest BCUT2D eigenvalue weighted by molar-refractivity contribution is 0.629. The van der Waals surface area contributed by atoms with Gasteiger partial charge in [-0.2, -0.15) is 0 Å². The topological polar surface area (TPSA) is 84.7 Å². The minimum Gasteiger partial charge on any atom is -0.454 e. The lowest BCUT2D eigenvalue weighted by atomic mass is 10.0. The monoisotopic (exact) mass is 390 g/mol. The fourth-order valence-corrected chi connectivity index (χ4v) is 3.66. The summed E-state index contributed by atoms with van der Waals surface area (Å²) in [6.07, 6.45) is 1.77. The average molecular weight is 390 g/mol. The van der Waals surface area contributed by atoms with Crippen LogP contribution in [0.25, 0.3) is 55.7 Å². The number of nitrogens with one attached hydrogen (secondary N) is 1. The zero-order valence-corrected chi connectivity index (χ0v) is 15.7. The zero-order valence-electron chi connectivity index (χ0n) is 15.7. The highest BCUT2D eigenvalue weighted by molar-refractivity contribution is 5.91. The summed E-state index contributed by atoms with van der Waals surface area (Å²) in [5.41, 5.74) is 4.63. The highest BCUT2D eigenvalue weighted by atomic mass is 16.3. The number of hydrogen-bond acceptors (Lipinski definition) is 5. The number of pyridine rings is 2. The summed E-state index contributed by atoms with van der Waals surface area (Å²) in [5, 5.41) is 1.98. The van der Waals surface area contributed by atoms with Gasteiger partial charge in [-0.1, -0.05) is 30.3 Å². The molecule has 6 rings (SSSR count). The molecular formula is C24H14N4O2. The molecule has 0 atom stereocenters. The van der Waals surface area contributed by atoms with E-state index in [-0.39, 0.29) is 5.56 Å². The first-order valence-corrected chi connectivity index (χ1v) is 9.50. The molecule has 6 nitrogen and oxygen atoms in total. The lowest BCUT2D eigenvalue weighted by Crippen LogP contribution is -2.06. The van der Waals surface area contributed by atoms with Crippen molar-refractivity contribution in [3.05, 3.63) is 89.3 Å². The molecule has 0 spiro atoms. The van der Waals surface area contributed by atoms with Crippen LogP contribution in [0.5, 0.6) is 0 Å². The molecular weight excluding hydrogens is 376 g/mol. The van der Waals surface area contributed by atoms with Gasteiger partial charge in [-0.15, -0.1) is 0 Å². The SMILES string of the molecule is O=c1ccc2nc(-c3ccc4ncccc4c3)c(-c3cc4ccccc4o3)nc2[nH]1. The van der Waals surface area contributed by atoms with E-state index in [1.54, 1.807) is 12.3 Å². The van der Waals surface area contributed by atoms with E-state index in [1.165, 1.54) is 6.07 Å². The molecule has 0 fully saturated rings. The number of aromatic nitrogens is 4. The molecule has 0 aliphatic carbocycles. The summed E-state index contributed by atoms with van der Waals surface area (Å²) in [7, 11) is 0. The summed E-state index contributed by atoms with van der Waals surface area (Å²) in [4.78, 5) is 28.5. The fraction of sp³-hybridized carbons (Fsp3) is 0. The molecule has 0 saturated heterocycles. The highest BCUT2D eigenvalue weighted by Gasteiger charge is 2.17. The first kappa shape index (κ1) is 16.6. The van der Waals surface area contributed by atoms with E-state index in [0.29, 0.717) is 28.3 Å². The van der Waals surface area contributed by atoms with Gasteiger partial charge in [-0.05, 0) is 36.4 Å². The van der Waals surface area contributed by atoms with Gasteiger partial charge < -0.3 is 9.40 Å². The van der Waals surface area contributed by atoms with Crippen LogP contribution in [0, 0.1) is 0 Å². The van der Waals surface area contributed by atoms with Crippen LogP contribution < -0.4 is 5.56 Å². The van der Waals surface area contributed by atoms with Gasteiger partial charge in [0.2, 0.25) is 5.56 Å². The third-order valence-electron chi connectivity index (χ3n) is 5.09. The number of rotatable bonds is 2. The van der Waals surface area contributed by atoms with Crippen LogP contribution in [0.2, 0.25) is 0 Å². The molecule has 6 aromatic rings. The van der Waals surface area contributed by atoms with Gasteiger partial charge >= 0.3 is 0 Å². The molecule has 6 heteroatoms. The van der Waals surface area contributed by atoms with Crippen molar-refractivity contribution in [3.63, 3.8) is 0 Å². The molecule has 2 aromatic carbocycles. The number of nitrogens with zero attached hydrogens (tertiary/aromatic N) is 3. The first-order chi connectivity index (χ1) is 14.7. The maximum absolute atomic E-state index is 11.8. The third kappa shape index (κ3) is 2.66. The van der Waals surface area contributed by atoms with E-state index in [0.717, 1.165) is 27.4 Å². The number of aromatic amines is 1. The molecule has 4 heterocycles. The summed E-state index contributed by atoms with van der Waals surface area (Å²) in [5.74, 6) is 0.594. The minimum atomic E-state index is -0.225. The molecule has 0 radical (unpaired) electrons. The molecule has 1 N–H and O–H groups in total. The second-order valence-electron chi connectivity index (χ2n) is 7.04. The van der Waals surface area contributed by atoms with Crippen molar-refractivity contribution in [2.75, 3.05) is 0 Å². The molecule has 0 amide bonds. The van der Waals surface area contributed by atoms with Crippen LogP contribution in [-0.2, 0) is 0 Å². The predicted octanol–water partition coefficient (Wildman–Crippen LogP) is 4.95. The molecule has 0 aliphatic rings. The van der Waals surface area contributed by atoms with Crippen LogP contribution in [0.15, 0.2) is 88.2 Å². The Morgan fingerprint density at radius 3 is 2.57 bits per heavy atom. The first-order valence-electron chi connectivity index (χ1n) is 9.50. The molecule has 4 aromatic heterocycles. The van der Waals surface area contributed by atoms with Crippen molar-refractivity contribution in [2.45, 2.75) is 0 Å². The van der Waals surface area contributed by atoms with E-state index >= 15 is 0 Å². The number of H-pyrrole nitrogens is 1. The maximum Gasteiger partial charge on any atom is 0.249 e. The average Bonchev–Trinajstić information content (AvgIpc) is 3.22. The van der Waals surface area contributed by atoms with Crippen molar-refractivity contribution in [3.8, 4) is 22.7 Å². The number of hydrogen-bond donors (Lipinski definition) is 1. The van der Waals surface area contributed by atoms with Crippen molar-refractivity contribution >= 4 is 33.0 Å². The van der Waals surface area contributed by atoms with E-state index < -0.39 is 0 Å². The predicted molar refractivity (Wildman–Crippen MR) is 116 cm³/mol. The molecule has 142 valence electrons. The Morgan fingerprint density at radius 1 is 0.767 bits per heavy atom. The Bertz CT molecular complexity index is 1600. The van der Waals surface area contributed by atoms with Gasteiger partial charge in [0.05, 0.1) is 5.52 Å². The number of para-hydroxylation sites is 1. The quantitative estimate of drug-likeness (QED) is 0.452. The number of fused-ring (bicyclic) bond motifs is 3. The lowest BCUT2D eigenvalue weighted by Gasteiger charge is -2.09. The maximum atomic E-state index is 11.8. The molecule has 0 aliphatic heterocycles. The van der Waals surface area contributed by atoms with Gasteiger partial charge in [0.1, 0.15) is 22.5 Å². The molecule has 0 saturated carbocycles. The Morgan fingerprint density at radius 2 is 1.63 bits per heavy atom.